The Morgan fingerprint density at radius 1 is 1.38 bits per heavy atom. The van der Waals surface area contributed by atoms with Crippen LogP contribution in [0.2, 0.25) is 5.02 Å². The highest BCUT2D eigenvalue weighted by Gasteiger charge is 2.33. The van der Waals surface area contributed by atoms with Crippen LogP contribution in [0.5, 0.6) is 0 Å². The van der Waals surface area contributed by atoms with Crippen molar-refractivity contribution in [1.82, 2.24) is 14.8 Å². The van der Waals surface area contributed by atoms with Crippen LogP contribution in [0, 0.1) is 11.8 Å². The highest BCUT2D eigenvalue weighted by molar-refractivity contribution is 6.30. The van der Waals surface area contributed by atoms with E-state index in [9.17, 15) is 9.59 Å². The Balaban J connectivity index is 1.78. The Labute approximate surface area is 148 Å². The second-order valence-corrected chi connectivity index (χ2v) is 7.85. The summed E-state index contributed by atoms with van der Waals surface area (Å²) in [5.41, 5.74) is -0.231. The van der Waals surface area contributed by atoms with Gasteiger partial charge in [0, 0.05) is 38.4 Å². The molecule has 0 unspecified atom stereocenters. The van der Waals surface area contributed by atoms with Crippen LogP contribution < -0.4 is 5.56 Å². The molecule has 0 bridgehead atoms. The van der Waals surface area contributed by atoms with Gasteiger partial charge in [-0.1, -0.05) is 25.4 Å². The van der Waals surface area contributed by atoms with Gasteiger partial charge in [-0.3, -0.25) is 14.5 Å². The van der Waals surface area contributed by atoms with E-state index in [0.29, 0.717) is 30.1 Å². The van der Waals surface area contributed by atoms with Crippen molar-refractivity contribution in [3.05, 3.63) is 33.2 Å². The van der Waals surface area contributed by atoms with Crippen LogP contribution in [0.15, 0.2) is 17.1 Å². The maximum Gasteiger partial charge on any atom is 0.260 e. The lowest BCUT2D eigenvalue weighted by atomic mass is 10.0. The molecule has 0 radical (unpaired) electrons. The maximum absolute atomic E-state index is 12.9. The van der Waals surface area contributed by atoms with Crippen LogP contribution in [0.3, 0.4) is 0 Å². The first-order chi connectivity index (χ1) is 11.5. The molecule has 0 aromatic carbocycles. The SMILES string of the molecule is CC(C)[C@H]1CN(C(=O)c2cc(Cl)c[nH]c2=O)CCCN1CC1CC1. The summed E-state index contributed by atoms with van der Waals surface area (Å²) in [4.78, 5) is 31.8. The monoisotopic (exact) mass is 351 g/mol. The Morgan fingerprint density at radius 2 is 2.12 bits per heavy atom. The molecule has 1 atom stereocenters. The van der Waals surface area contributed by atoms with Crippen molar-refractivity contribution in [2.24, 2.45) is 11.8 Å². The number of aromatic nitrogens is 1. The fourth-order valence-corrected chi connectivity index (χ4v) is 3.69. The van der Waals surface area contributed by atoms with Crippen molar-refractivity contribution in [3.63, 3.8) is 0 Å². The van der Waals surface area contributed by atoms with Gasteiger partial charge < -0.3 is 9.88 Å². The smallest absolute Gasteiger partial charge is 0.260 e. The first-order valence-electron chi connectivity index (χ1n) is 8.87. The number of carbonyl (C=O) groups is 1. The highest BCUT2D eigenvalue weighted by atomic mass is 35.5. The molecule has 1 amide bonds. The fourth-order valence-electron chi connectivity index (χ4n) is 3.53. The minimum atomic E-state index is -0.371. The van der Waals surface area contributed by atoms with Crippen molar-refractivity contribution in [2.75, 3.05) is 26.2 Å². The molecule has 1 saturated heterocycles. The van der Waals surface area contributed by atoms with Crippen molar-refractivity contribution < 1.29 is 4.79 Å². The van der Waals surface area contributed by atoms with Gasteiger partial charge in [-0.05, 0) is 37.2 Å². The van der Waals surface area contributed by atoms with Gasteiger partial charge in [-0.25, -0.2) is 0 Å². The minimum absolute atomic E-state index is 0.139. The molecule has 2 fully saturated rings. The number of pyridine rings is 1. The second-order valence-electron chi connectivity index (χ2n) is 7.42. The topological polar surface area (TPSA) is 56.4 Å². The lowest BCUT2D eigenvalue weighted by molar-refractivity contribution is 0.0702. The summed E-state index contributed by atoms with van der Waals surface area (Å²) in [6.45, 7) is 7.96. The largest absolute Gasteiger partial charge is 0.337 e. The van der Waals surface area contributed by atoms with E-state index in [0.717, 1.165) is 25.4 Å². The molecule has 1 aliphatic carbocycles. The average Bonchev–Trinajstić information content (AvgIpc) is 3.36. The number of amides is 1. The molecule has 2 aliphatic rings. The third-order valence-corrected chi connectivity index (χ3v) is 5.31. The zero-order valence-corrected chi connectivity index (χ0v) is 15.2. The number of hydrogen-bond donors (Lipinski definition) is 1. The molecule has 24 heavy (non-hydrogen) atoms. The summed E-state index contributed by atoms with van der Waals surface area (Å²) in [6.07, 6.45) is 5.03. The van der Waals surface area contributed by atoms with Crippen molar-refractivity contribution >= 4 is 17.5 Å². The summed E-state index contributed by atoms with van der Waals surface area (Å²) in [5.74, 6) is 1.09. The first kappa shape index (κ1) is 17.5. The Hall–Kier alpha value is -1.33. The Bertz CT molecular complexity index is 654. The average molecular weight is 352 g/mol. The summed E-state index contributed by atoms with van der Waals surface area (Å²) in [7, 11) is 0. The van der Waals surface area contributed by atoms with Crippen LogP contribution in [0.25, 0.3) is 0 Å². The number of nitrogens with one attached hydrogen (secondary N) is 1. The van der Waals surface area contributed by atoms with Crippen molar-refractivity contribution in [3.8, 4) is 0 Å². The predicted octanol–water partition coefficient (Wildman–Crippen LogP) is 2.61. The van der Waals surface area contributed by atoms with E-state index in [2.05, 4.69) is 23.7 Å². The van der Waals surface area contributed by atoms with Gasteiger partial charge >= 0.3 is 0 Å². The van der Waals surface area contributed by atoms with E-state index < -0.39 is 0 Å². The van der Waals surface area contributed by atoms with E-state index >= 15 is 0 Å². The normalized spacial score (nSPS) is 22.7. The molecule has 1 aliphatic heterocycles. The third kappa shape index (κ3) is 4.01. The van der Waals surface area contributed by atoms with E-state index in [1.54, 1.807) is 0 Å². The number of halogens is 1. The number of hydrogen-bond acceptors (Lipinski definition) is 3. The molecule has 2 heterocycles. The minimum Gasteiger partial charge on any atom is -0.337 e. The van der Waals surface area contributed by atoms with Gasteiger partial charge in [0.15, 0.2) is 0 Å². The van der Waals surface area contributed by atoms with E-state index in [1.807, 2.05) is 4.90 Å². The molecule has 132 valence electrons. The quantitative estimate of drug-likeness (QED) is 0.907. The lowest BCUT2D eigenvalue weighted by Gasteiger charge is -2.34. The molecule has 1 N–H and O–H groups in total. The first-order valence-corrected chi connectivity index (χ1v) is 9.25. The predicted molar refractivity (Wildman–Crippen MR) is 95.5 cm³/mol. The number of H-pyrrole nitrogens is 1. The van der Waals surface area contributed by atoms with Gasteiger partial charge in [-0.15, -0.1) is 0 Å². The van der Waals surface area contributed by atoms with Crippen LogP contribution in [-0.2, 0) is 0 Å². The zero-order valence-electron chi connectivity index (χ0n) is 14.4. The number of aromatic amines is 1. The van der Waals surface area contributed by atoms with Gasteiger partial charge in [0.2, 0.25) is 0 Å². The summed E-state index contributed by atoms with van der Waals surface area (Å²) >= 11 is 5.95. The van der Waals surface area contributed by atoms with Crippen LogP contribution in [-0.4, -0.2) is 52.9 Å². The molecule has 1 saturated carbocycles. The van der Waals surface area contributed by atoms with Crippen LogP contribution >= 0.6 is 11.6 Å². The molecule has 0 spiro atoms. The second kappa shape index (κ2) is 7.28. The molecule has 1 aromatic heterocycles. The lowest BCUT2D eigenvalue weighted by Crippen LogP contribution is -2.47. The maximum atomic E-state index is 12.9. The molecule has 5 nitrogen and oxygen atoms in total. The van der Waals surface area contributed by atoms with Gasteiger partial charge in [0.1, 0.15) is 5.56 Å². The van der Waals surface area contributed by atoms with E-state index in [1.165, 1.54) is 25.1 Å². The summed E-state index contributed by atoms with van der Waals surface area (Å²) in [6, 6.07) is 1.82. The highest BCUT2D eigenvalue weighted by Crippen LogP contribution is 2.32. The molecular weight excluding hydrogens is 326 g/mol. The van der Waals surface area contributed by atoms with Crippen molar-refractivity contribution in [2.45, 2.75) is 39.2 Å². The fraction of sp³-hybridized carbons (Fsp3) is 0.667. The van der Waals surface area contributed by atoms with Gasteiger partial charge in [0.25, 0.3) is 11.5 Å². The Kier molecular flexibility index (Phi) is 5.30. The standard InChI is InChI=1S/C18H26ClN3O2/c1-12(2)16-11-22(7-3-6-21(16)10-13-4-5-13)18(24)15-8-14(19)9-20-17(15)23/h8-9,12-13,16H,3-7,10-11H2,1-2H3,(H,20,23)/t16-/m1/s1. The third-order valence-electron chi connectivity index (χ3n) is 5.09. The number of carbonyl (C=O) groups excluding carboxylic acids is 1. The van der Waals surface area contributed by atoms with Crippen LogP contribution in [0.1, 0.15) is 43.5 Å². The van der Waals surface area contributed by atoms with E-state index in [-0.39, 0.29) is 17.0 Å². The van der Waals surface area contributed by atoms with Crippen LogP contribution in [0.4, 0.5) is 0 Å². The molecule has 6 heteroatoms. The number of rotatable bonds is 4. The van der Waals surface area contributed by atoms with E-state index in [4.69, 9.17) is 11.6 Å². The van der Waals surface area contributed by atoms with Gasteiger partial charge in [-0.2, -0.15) is 0 Å². The van der Waals surface area contributed by atoms with Crippen molar-refractivity contribution in [1.29, 1.82) is 0 Å². The summed E-state index contributed by atoms with van der Waals surface area (Å²) < 4.78 is 0. The molecule has 1 aromatic rings. The number of nitrogens with zero attached hydrogens (tertiary/aromatic N) is 2. The zero-order chi connectivity index (χ0) is 17.3. The Morgan fingerprint density at radius 3 is 2.79 bits per heavy atom. The van der Waals surface area contributed by atoms with Gasteiger partial charge in [0.05, 0.1) is 5.02 Å². The molecule has 3 rings (SSSR count). The molecular formula is C18H26ClN3O2. The summed E-state index contributed by atoms with van der Waals surface area (Å²) in [5, 5.41) is 0.378.